The van der Waals surface area contributed by atoms with Crippen molar-refractivity contribution in [1.82, 2.24) is 24.4 Å². The van der Waals surface area contributed by atoms with E-state index in [4.69, 9.17) is 0 Å². The fourth-order valence-corrected chi connectivity index (χ4v) is 3.88. The Labute approximate surface area is 150 Å². The van der Waals surface area contributed by atoms with Crippen molar-refractivity contribution in [3.05, 3.63) is 64.9 Å². The highest BCUT2D eigenvalue weighted by atomic mass is 32.1. The summed E-state index contributed by atoms with van der Waals surface area (Å²) in [6.45, 7) is 2.23. The topological polar surface area (TPSA) is 63.9 Å². The standard InChI is InChI=1S/C18H19N5OS/c24-18(16-12-25-13-21-16)23-7-2-4-15(11-23)17-20-6-8-22(17)10-14-3-1-5-19-9-14/h1,3,5-6,8-9,12-13,15H,2,4,7,10-11H2/t15-/m1/s1. The maximum atomic E-state index is 12.6. The van der Waals surface area contributed by atoms with Crippen molar-refractivity contribution in [3.8, 4) is 0 Å². The molecule has 0 bridgehead atoms. The second-order valence-electron chi connectivity index (χ2n) is 6.24. The van der Waals surface area contributed by atoms with E-state index in [1.807, 2.05) is 34.9 Å². The van der Waals surface area contributed by atoms with Gasteiger partial charge in [-0.15, -0.1) is 11.3 Å². The van der Waals surface area contributed by atoms with Crippen LogP contribution in [0.15, 0.2) is 47.8 Å². The number of amides is 1. The number of hydrogen-bond acceptors (Lipinski definition) is 5. The lowest BCUT2D eigenvalue weighted by molar-refractivity contribution is 0.0698. The fourth-order valence-electron chi connectivity index (χ4n) is 3.36. The number of rotatable bonds is 4. The van der Waals surface area contributed by atoms with E-state index >= 15 is 0 Å². The van der Waals surface area contributed by atoms with Crippen LogP contribution in [0, 0.1) is 0 Å². The molecule has 1 saturated heterocycles. The van der Waals surface area contributed by atoms with Gasteiger partial charge in [-0.1, -0.05) is 6.07 Å². The van der Waals surface area contributed by atoms with E-state index in [-0.39, 0.29) is 11.8 Å². The van der Waals surface area contributed by atoms with Crippen LogP contribution in [0.2, 0.25) is 0 Å². The molecule has 1 fully saturated rings. The normalized spacial score (nSPS) is 17.6. The third-order valence-electron chi connectivity index (χ3n) is 4.55. The molecule has 25 heavy (non-hydrogen) atoms. The minimum atomic E-state index is 0.0244. The van der Waals surface area contributed by atoms with Crippen molar-refractivity contribution in [3.63, 3.8) is 0 Å². The average molecular weight is 353 g/mol. The quantitative estimate of drug-likeness (QED) is 0.723. The molecular formula is C18H19N5OS. The van der Waals surface area contributed by atoms with Crippen molar-refractivity contribution < 1.29 is 4.79 Å². The highest BCUT2D eigenvalue weighted by Gasteiger charge is 2.28. The molecule has 4 heterocycles. The third kappa shape index (κ3) is 3.46. The highest BCUT2D eigenvalue weighted by molar-refractivity contribution is 7.07. The van der Waals surface area contributed by atoms with Gasteiger partial charge in [-0.3, -0.25) is 9.78 Å². The van der Waals surface area contributed by atoms with Crippen molar-refractivity contribution in [2.45, 2.75) is 25.3 Å². The lowest BCUT2D eigenvalue weighted by atomic mass is 9.96. The summed E-state index contributed by atoms with van der Waals surface area (Å²) in [5, 5.41) is 1.81. The van der Waals surface area contributed by atoms with Crippen LogP contribution in [0.3, 0.4) is 0 Å². The molecule has 0 N–H and O–H groups in total. The molecule has 0 spiro atoms. The number of piperidine rings is 1. The summed E-state index contributed by atoms with van der Waals surface area (Å²) in [5.74, 6) is 1.32. The van der Waals surface area contributed by atoms with E-state index < -0.39 is 0 Å². The van der Waals surface area contributed by atoms with Crippen molar-refractivity contribution in [2.75, 3.05) is 13.1 Å². The number of imidazole rings is 1. The van der Waals surface area contributed by atoms with Gasteiger partial charge in [0.25, 0.3) is 5.91 Å². The number of nitrogens with zero attached hydrogens (tertiary/aromatic N) is 5. The molecule has 7 heteroatoms. The monoisotopic (exact) mass is 353 g/mol. The van der Waals surface area contributed by atoms with Crippen molar-refractivity contribution in [1.29, 1.82) is 0 Å². The van der Waals surface area contributed by atoms with E-state index in [0.29, 0.717) is 12.2 Å². The Bertz CT molecular complexity index is 830. The zero-order valence-electron chi connectivity index (χ0n) is 13.8. The van der Waals surface area contributed by atoms with E-state index in [0.717, 1.165) is 37.3 Å². The van der Waals surface area contributed by atoms with Crippen LogP contribution in [-0.2, 0) is 6.54 Å². The number of carbonyl (C=O) groups excluding carboxylic acids is 1. The lowest BCUT2D eigenvalue weighted by Gasteiger charge is -2.32. The second-order valence-corrected chi connectivity index (χ2v) is 6.96. The first-order valence-electron chi connectivity index (χ1n) is 8.38. The molecule has 0 radical (unpaired) electrons. The minimum absolute atomic E-state index is 0.0244. The second kappa shape index (κ2) is 7.14. The van der Waals surface area contributed by atoms with Crippen LogP contribution in [0.1, 0.15) is 40.6 Å². The summed E-state index contributed by atoms with van der Waals surface area (Å²) in [6.07, 6.45) is 9.53. The van der Waals surface area contributed by atoms with E-state index in [1.165, 1.54) is 11.3 Å². The van der Waals surface area contributed by atoms with Crippen LogP contribution < -0.4 is 0 Å². The summed E-state index contributed by atoms with van der Waals surface area (Å²) < 4.78 is 2.17. The molecule has 128 valence electrons. The van der Waals surface area contributed by atoms with Gasteiger partial charge in [-0.2, -0.15) is 0 Å². The molecule has 0 aromatic carbocycles. The van der Waals surface area contributed by atoms with Gasteiger partial charge in [0.05, 0.1) is 12.1 Å². The highest BCUT2D eigenvalue weighted by Crippen LogP contribution is 2.27. The molecular weight excluding hydrogens is 334 g/mol. The van der Waals surface area contributed by atoms with E-state index in [9.17, 15) is 4.79 Å². The molecule has 4 rings (SSSR count). The van der Waals surface area contributed by atoms with Crippen LogP contribution in [0.5, 0.6) is 0 Å². The molecule has 3 aromatic heterocycles. The molecule has 1 atom stereocenters. The summed E-state index contributed by atoms with van der Waals surface area (Å²) in [5.41, 5.74) is 3.40. The van der Waals surface area contributed by atoms with Gasteiger partial charge >= 0.3 is 0 Å². The molecule has 0 unspecified atom stereocenters. The molecule has 0 aliphatic carbocycles. The summed E-state index contributed by atoms with van der Waals surface area (Å²) in [7, 11) is 0. The molecule has 0 saturated carbocycles. The number of likely N-dealkylation sites (tertiary alicyclic amines) is 1. The Morgan fingerprint density at radius 3 is 3.08 bits per heavy atom. The van der Waals surface area contributed by atoms with Gasteiger partial charge in [-0.05, 0) is 24.5 Å². The zero-order chi connectivity index (χ0) is 17.1. The number of thiazole rings is 1. The van der Waals surface area contributed by atoms with Gasteiger partial charge in [0.15, 0.2) is 0 Å². The summed E-state index contributed by atoms with van der Waals surface area (Å²) in [4.78, 5) is 27.4. The summed E-state index contributed by atoms with van der Waals surface area (Å²) in [6, 6.07) is 4.01. The number of pyridine rings is 1. The van der Waals surface area contributed by atoms with E-state index in [1.54, 1.807) is 11.7 Å². The Hall–Kier alpha value is -2.54. The smallest absolute Gasteiger partial charge is 0.273 e. The van der Waals surface area contributed by atoms with Gasteiger partial charge < -0.3 is 9.47 Å². The van der Waals surface area contributed by atoms with Crippen molar-refractivity contribution >= 4 is 17.2 Å². The van der Waals surface area contributed by atoms with Crippen molar-refractivity contribution in [2.24, 2.45) is 0 Å². The Balaban J connectivity index is 1.50. The first-order chi connectivity index (χ1) is 12.3. The summed E-state index contributed by atoms with van der Waals surface area (Å²) >= 11 is 1.45. The van der Waals surface area contributed by atoms with Gasteiger partial charge in [-0.25, -0.2) is 9.97 Å². The van der Waals surface area contributed by atoms with Crippen LogP contribution >= 0.6 is 11.3 Å². The van der Waals surface area contributed by atoms with Crippen LogP contribution in [0.25, 0.3) is 0 Å². The molecule has 3 aromatic rings. The predicted octanol–water partition coefficient (Wildman–Crippen LogP) is 2.80. The van der Waals surface area contributed by atoms with Gasteiger partial charge in [0.2, 0.25) is 0 Å². The first kappa shape index (κ1) is 16.0. The van der Waals surface area contributed by atoms with Gasteiger partial charge in [0, 0.05) is 49.2 Å². The average Bonchev–Trinajstić information content (AvgIpc) is 3.34. The maximum Gasteiger partial charge on any atom is 0.273 e. The Kier molecular flexibility index (Phi) is 4.56. The molecule has 1 amide bonds. The SMILES string of the molecule is O=C(c1cscn1)N1CCC[C@@H](c2nccn2Cc2cccnc2)C1. The molecule has 1 aliphatic heterocycles. The third-order valence-corrected chi connectivity index (χ3v) is 5.14. The van der Waals surface area contributed by atoms with E-state index in [2.05, 4.69) is 25.6 Å². The number of hydrogen-bond donors (Lipinski definition) is 0. The Morgan fingerprint density at radius 1 is 1.32 bits per heavy atom. The van der Waals surface area contributed by atoms with Gasteiger partial charge in [0.1, 0.15) is 11.5 Å². The number of aromatic nitrogens is 4. The minimum Gasteiger partial charge on any atom is -0.337 e. The first-order valence-corrected chi connectivity index (χ1v) is 9.33. The van der Waals surface area contributed by atoms with Crippen LogP contribution in [-0.4, -0.2) is 43.4 Å². The molecule has 6 nitrogen and oxygen atoms in total. The Morgan fingerprint density at radius 2 is 2.28 bits per heavy atom. The lowest BCUT2D eigenvalue weighted by Crippen LogP contribution is -2.40. The largest absolute Gasteiger partial charge is 0.337 e. The zero-order valence-corrected chi connectivity index (χ0v) is 14.6. The fraction of sp³-hybridized carbons (Fsp3) is 0.333. The van der Waals surface area contributed by atoms with Crippen LogP contribution in [0.4, 0.5) is 0 Å². The number of carbonyl (C=O) groups is 1. The predicted molar refractivity (Wildman–Crippen MR) is 95.6 cm³/mol. The maximum absolute atomic E-state index is 12.6. The molecule has 1 aliphatic rings.